The summed E-state index contributed by atoms with van der Waals surface area (Å²) < 4.78 is 0. The van der Waals surface area contributed by atoms with Gasteiger partial charge in [0.15, 0.2) is 0 Å². The highest BCUT2D eigenvalue weighted by Crippen LogP contribution is 2.15. The molecule has 0 aliphatic carbocycles. The van der Waals surface area contributed by atoms with Crippen LogP contribution in [-0.2, 0) is 0 Å². The molecule has 0 atom stereocenters. The van der Waals surface area contributed by atoms with Crippen molar-refractivity contribution in [3.8, 4) is 0 Å². The molecule has 2 aromatic carbocycles. The molecule has 0 fully saturated rings. The summed E-state index contributed by atoms with van der Waals surface area (Å²) in [6, 6.07) is 14.8. The third-order valence-corrected chi connectivity index (χ3v) is 2.53. The van der Waals surface area contributed by atoms with Crippen molar-refractivity contribution in [3.05, 3.63) is 60.2 Å². The first kappa shape index (κ1) is 13.4. The summed E-state index contributed by atoms with van der Waals surface area (Å²) in [5.74, 6) is -0.401. The van der Waals surface area contributed by atoms with Crippen LogP contribution in [0.5, 0.6) is 0 Å². The smallest absolute Gasteiger partial charge is 0.337 e. The Morgan fingerprint density at radius 1 is 0.850 bits per heavy atom. The van der Waals surface area contributed by atoms with Crippen LogP contribution in [0.2, 0.25) is 0 Å². The molecular weight excluding hydrogens is 256 g/mol. The lowest BCUT2D eigenvalue weighted by Gasteiger charge is -2.10. The molecule has 0 unspecified atom stereocenters. The topological polar surface area (TPSA) is 96.2 Å². The first-order valence-electron chi connectivity index (χ1n) is 5.93. The quantitative estimate of drug-likeness (QED) is 0.494. The summed E-state index contributed by atoms with van der Waals surface area (Å²) in [6.45, 7) is 0. The van der Waals surface area contributed by atoms with Crippen LogP contribution < -0.4 is 21.9 Å². The Morgan fingerprint density at radius 3 is 2.20 bits per heavy atom. The van der Waals surface area contributed by atoms with E-state index < -0.39 is 11.9 Å². The molecule has 2 rings (SSSR count). The van der Waals surface area contributed by atoms with Crippen LogP contribution >= 0.6 is 0 Å². The van der Waals surface area contributed by atoms with E-state index in [1.165, 1.54) is 0 Å². The monoisotopic (exact) mass is 270 g/mol. The summed E-state index contributed by atoms with van der Waals surface area (Å²) in [6.07, 6.45) is 0. The third-order valence-electron chi connectivity index (χ3n) is 2.53. The average molecular weight is 270 g/mol. The minimum Gasteiger partial charge on any atom is -0.397 e. The predicted octanol–water partition coefficient (Wildman–Crippen LogP) is 1.74. The number of hydrogen-bond donors (Lipinski definition) is 4. The maximum Gasteiger partial charge on any atom is 0.337 e. The second-order valence-electron chi connectivity index (χ2n) is 3.99. The van der Waals surface area contributed by atoms with E-state index >= 15 is 0 Å². The van der Waals surface area contributed by atoms with E-state index in [0.717, 1.165) is 0 Å². The highest BCUT2D eigenvalue weighted by atomic mass is 16.2. The fourth-order valence-corrected chi connectivity index (χ4v) is 1.54. The molecular formula is C14H14N4O2. The standard InChI is InChI=1S/C14H14N4O2/c15-11-8-4-5-9-12(11)16-14(20)18-17-13(19)10-6-2-1-3-7-10/h1-9H,15H2,(H,17,19)(H2,16,18,20). The maximum absolute atomic E-state index is 11.7. The summed E-state index contributed by atoms with van der Waals surface area (Å²) in [5, 5.41) is 2.53. The van der Waals surface area contributed by atoms with Crippen LogP contribution in [0, 0.1) is 0 Å². The summed E-state index contributed by atoms with van der Waals surface area (Å²) >= 11 is 0. The Labute approximate surface area is 116 Å². The van der Waals surface area contributed by atoms with Gasteiger partial charge in [0.25, 0.3) is 5.91 Å². The van der Waals surface area contributed by atoms with Crippen molar-refractivity contribution in [3.63, 3.8) is 0 Å². The Morgan fingerprint density at radius 2 is 1.50 bits per heavy atom. The SMILES string of the molecule is Nc1ccccc1NC(=O)NNC(=O)c1ccccc1. The van der Waals surface area contributed by atoms with E-state index in [0.29, 0.717) is 16.9 Å². The number of para-hydroxylation sites is 2. The van der Waals surface area contributed by atoms with Crippen LogP contribution in [0.15, 0.2) is 54.6 Å². The van der Waals surface area contributed by atoms with Crippen LogP contribution in [0.25, 0.3) is 0 Å². The van der Waals surface area contributed by atoms with Gasteiger partial charge in [0.2, 0.25) is 0 Å². The van der Waals surface area contributed by atoms with Gasteiger partial charge in [0.1, 0.15) is 0 Å². The van der Waals surface area contributed by atoms with E-state index in [1.54, 1.807) is 54.6 Å². The van der Waals surface area contributed by atoms with Gasteiger partial charge in [-0.2, -0.15) is 0 Å². The Kier molecular flexibility index (Phi) is 4.18. The molecule has 6 nitrogen and oxygen atoms in total. The molecule has 0 aromatic heterocycles. The maximum atomic E-state index is 11.7. The predicted molar refractivity (Wildman–Crippen MR) is 76.9 cm³/mol. The zero-order valence-electron chi connectivity index (χ0n) is 10.6. The van der Waals surface area contributed by atoms with Crippen molar-refractivity contribution in [2.24, 2.45) is 0 Å². The van der Waals surface area contributed by atoms with Gasteiger partial charge < -0.3 is 11.1 Å². The van der Waals surface area contributed by atoms with Gasteiger partial charge in [-0.15, -0.1) is 0 Å². The lowest BCUT2D eigenvalue weighted by Crippen LogP contribution is -2.43. The van der Waals surface area contributed by atoms with Crippen LogP contribution in [-0.4, -0.2) is 11.9 Å². The Balaban J connectivity index is 1.87. The van der Waals surface area contributed by atoms with Gasteiger partial charge >= 0.3 is 6.03 Å². The van der Waals surface area contributed by atoms with Gasteiger partial charge in [-0.05, 0) is 24.3 Å². The van der Waals surface area contributed by atoms with Crippen molar-refractivity contribution in [2.75, 3.05) is 11.1 Å². The number of carbonyl (C=O) groups is 2. The van der Waals surface area contributed by atoms with Gasteiger partial charge in [-0.1, -0.05) is 30.3 Å². The van der Waals surface area contributed by atoms with Crippen molar-refractivity contribution in [2.45, 2.75) is 0 Å². The third kappa shape index (κ3) is 3.49. The number of urea groups is 1. The lowest BCUT2D eigenvalue weighted by molar-refractivity contribution is 0.0938. The molecule has 6 heteroatoms. The Hall–Kier alpha value is -3.02. The van der Waals surface area contributed by atoms with Gasteiger partial charge in [-0.3, -0.25) is 10.2 Å². The number of rotatable bonds is 2. The zero-order valence-corrected chi connectivity index (χ0v) is 10.6. The first-order chi connectivity index (χ1) is 9.66. The number of hydrazine groups is 1. The fraction of sp³-hybridized carbons (Fsp3) is 0. The highest BCUT2D eigenvalue weighted by molar-refractivity contribution is 5.97. The number of nitrogens with two attached hydrogens (primary N) is 1. The molecule has 0 saturated carbocycles. The first-order valence-corrected chi connectivity index (χ1v) is 5.93. The van der Waals surface area contributed by atoms with E-state index in [2.05, 4.69) is 16.2 Å². The fourth-order valence-electron chi connectivity index (χ4n) is 1.54. The van der Waals surface area contributed by atoms with E-state index in [4.69, 9.17) is 5.73 Å². The van der Waals surface area contributed by atoms with Gasteiger partial charge in [0, 0.05) is 5.56 Å². The lowest BCUT2D eigenvalue weighted by atomic mass is 10.2. The minimum absolute atomic E-state index is 0.401. The molecule has 0 aliphatic rings. The molecule has 0 heterocycles. The molecule has 2 aromatic rings. The molecule has 0 radical (unpaired) electrons. The number of hydrogen-bond acceptors (Lipinski definition) is 3. The number of nitrogens with one attached hydrogen (secondary N) is 3. The summed E-state index contributed by atoms with van der Waals surface area (Å²) in [7, 11) is 0. The van der Waals surface area contributed by atoms with Crippen molar-refractivity contribution in [1.82, 2.24) is 10.9 Å². The van der Waals surface area contributed by atoms with Crippen LogP contribution in [0.3, 0.4) is 0 Å². The molecule has 3 amide bonds. The zero-order chi connectivity index (χ0) is 14.4. The number of benzene rings is 2. The largest absolute Gasteiger partial charge is 0.397 e. The highest BCUT2D eigenvalue weighted by Gasteiger charge is 2.07. The van der Waals surface area contributed by atoms with Crippen LogP contribution in [0.1, 0.15) is 10.4 Å². The molecule has 0 aliphatic heterocycles. The minimum atomic E-state index is -0.577. The molecule has 102 valence electrons. The molecule has 0 saturated heterocycles. The normalized spacial score (nSPS) is 9.60. The Bertz CT molecular complexity index is 614. The molecule has 5 N–H and O–H groups in total. The van der Waals surface area contributed by atoms with Crippen molar-refractivity contribution < 1.29 is 9.59 Å². The van der Waals surface area contributed by atoms with E-state index in [-0.39, 0.29) is 0 Å². The molecule has 0 spiro atoms. The van der Waals surface area contributed by atoms with Crippen molar-refractivity contribution >= 4 is 23.3 Å². The van der Waals surface area contributed by atoms with E-state index in [1.807, 2.05) is 0 Å². The summed E-state index contributed by atoms with van der Waals surface area (Å²) in [4.78, 5) is 23.3. The molecule has 0 bridgehead atoms. The van der Waals surface area contributed by atoms with Gasteiger partial charge in [-0.25, -0.2) is 10.2 Å². The summed E-state index contributed by atoms with van der Waals surface area (Å²) in [5.41, 5.74) is 11.6. The number of carbonyl (C=O) groups excluding carboxylic acids is 2. The second kappa shape index (κ2) is 6.24. The number of nitrogen functional groups attached to an aromatic ring is 1. The second-order valence-corrected chi connectivity index (χ2v) is 3.99. The van der Waals surface area contributed by atoms with Crippen LogP contribution in [0.4, 0.5) is 16.2 Å². The van der Waals surface area contributed by atoms with Crippen molar-refractivity contribution in [1.29, 1.82) is 0 Å². The molecule has 20 heavy (non-hydrogen) atoms. The van der Waals surface area contributed by atoms with Gasteiger partial charge in [0.05, 0.1) is 11.4 Å². The average Bonchev–Trinajstić information content (AvgIpc) is 2.48. The number of amides is 3. The van der Waals surface area contributed by atoms with E-state index in [9.17, 15) is 9.59 Å². The number of anilines is 2.